The first-order valence-corrected chi connectivity index (χ1v) is 5.61. The summed E-state index contributed by atoms with van der Waals surface area (Å²) in [6, 6.07) is 9.63. The van der Waals surface area contributed by atoms with Crippen LogP contribution in [0.4, 0.5) is 5.69 Å². The van der Waals surface area contributed by atoms with E-state index in [1.165, 1.54) is 6.26 Å². The van der Waals surface area contributed by atoms with Crippen LogP contribution in [0.1, 0.15) is 6.42 Å². The lowest BCUT2D eigenvalue weighted by atomic mass is 10.3. The van der Waals surface area contributed by atoms with E-state index < -0.39 is 0 Å². The summed E-state index contributed by atoms with van der Waals surface area (Å²) in [5.74, 6) is -0.0209. The first-order valence-electron chi connectivity index (χ1n) is 5.61. The number of nitrogens with one attached hydrogen (secondary N) is 2. The zero-order valence-corrected chi connectivity index (χ0v) is 9.82. The molecule has 4 nitrogen and oxygen atoms in total. The summed E-state index contributed by atoms with van der Waals surface area (Å²) in [6.07, 6.45) is 2.18. The summed E-state index contributed by atoms with van der Waals surface area (Å²) in [5.41, 5.74) is 0.942. The van der Waals surface area contributed by atoms with Crippen molar-refractivity contribution in [1.82, 2.24) is 5.32 Å². The van der Waals surface area contributed by atoms with E-state index in [0.29, 0.717) is 13.2 Å². The van der Waals surface area contributed by atoms with E-state index in [2.05, 4.69) is 17.2 Å². The molecule has 0 saturated carbocycles. The molecule has 2 N–H and O–H groups in total. The minimum Gasteiger partial charge on any atom is -0.502 e. The lowest BCUT2D eigenvalue weighted by Gasteiger charge is -2.07. The quantitative estimate of drug-likeness (QED) is 0.532. The summed E-state index contributed by atoms with van der Waals surface area (Å²) >= 11 is 0. The third-order valence-corrected chi connectivity index (χ3v) is 2.11. The molecule has 0 aliphatic heterocycles. The number of anilines is 1. The van der Waals surface area contributed by atoms with Gasteiger partial charge in [0.2, 0.25) is 5.91 Å². The lowest BCUT2D eigenvalue weighted by molar-refractivity contribution is -0.119. The van der Waals surface area contributed by atoms with Gasteiger partial charge in [0, 0.05) is 12.2 Å². The lowest BCUT2D eigenvalue weighted by Crippen LogP contribution is -2.31. The molecular weight excluding hydrogens is 216 g/mol. The Labute approximate surface area is 102 Å². The fraction of sp³-hybridized carbons (Fsp3) is 0.308. The van der Waals surface area contributed by atoms with E-state index in [1.54, 1.807) is 0 Å². The van der Waals surface area contributed by atoms with Crippen molar-refractivity contribution < 1.29 is 9.53 Å². The van der Waals surface area contributed by atoms with Gasteiger partial charge in [0.15, 0.2) is 0 Å². The third-order valence-electron chi connectivity index (χ3n) is 2.11. The Morgan fingerprint density at radius 2 is 2.12 bits per heavy atom. The number of rotatable bonds is 8. The van der Waals surface area contributed by atoms with Crippen LogP contribution in [0.25, 0.3) is 0 Å². The van der Waals surface area contributed by atoms with Gasteiger partial charge >= 0.3 is 0 Å². The molecule has 0 atom stereocenters. The van der Waals surface area contributed by atoms with E-state index >= 15 is 0 Å². The molecule has 0 aromatic heterocycles. The Morgan fingerprint density at radius 3 is 2.82 bits per heavy atom. The predicted molar refractivity (Wildman–Crippen MR) is 68.7 cm³/mol. The van der Waals surface area contributed by atoms with Crippen LogP contribution in [0.2, 0.25) is 0 Å². The van der Waals surface area contributed by atoms with Crippen molar-refractivity contribution in [1.29, 1.82) is 0 Å². The Balaban J connectivity index is 2.07. The molecule has 4 heteroatoms. The van der Waals surface area contributed by atoms with Crippen molar-refractivity contribution in [3.8, 4) is 0 Å². The van der Waals surface area contributed by atoms with Crippen molar-refractivity contribution in [3.63, 3.8) is 0 Å². The van der Waals surface area contributed by atoms with Crippen LogP contribution < -0.4 is 10.6 Å². The zero-order chi connectivity index (χ0) is 12.3. The first kappa shape index (κ1) is 13.1. The first-order chi connectivity index (χ1) is 8.33. The maximum atomic E-state index is 11.4. The van der Waals surface area contributed by atoms with Crippen molar-refractivity contribution >= 4 is 11.6 Å². The highest BCUT2D eigenvalue weighted by molar-refractivity contribution is 5.80. The zero-order valence-electron chi connectivity index (χ0n) is 9.82. The molecule has 1 aromatic rings. The summed E-state index contributed by atoms with van der Waals surface area (Å²) in [5, 5.41) is 5.83. The van der Waals surface area contributed by atoms with Gasteiger partial charge in [-0.05, 0) is 18.6 Å². The van der Waals surface area contributed by atoms with Gasteiger partial charge in [-0.15, -0.1) is 0 Å². The number of benzene rings is 1. The van der Waals surface area contributed by atoms with E-state index in [-0.39, 0.29) is 12.5 Å². The molecule has 17 heavy (non-hydrogen) atoms. The van der Waals surface area contributed by atoms with Crippen LogP contribution in [0, 0.1) is 0 Å². The number of para-hydroxylation sites is 1. The SMILES string of the molecule is C=COCCCNC(=O)CNc1ccccc1. The van der Waals surface area contributed by atoms with Crippen molar-refractivity contribution in [2.75, 3.05) is 25.0 Å². The smallest absolute Gasteiger partial charge is 0.239 e. The number of ether oxygens (including phenoxy) is 1. The maximum absolute atomic E-state index is 11.4. The Morgan fingerprint density at radius 1 is 1.35 bits per heavy atom. The van der Waals surface area contributed by atoms with Crippen molar-refractivity contribution in [3.05, 3.63) is 43.2 Å². The summed E-state index contributed by atoms with van der Waals surface area (Å²) in [6.45, 7) is 4.91. The van der Waals surface area contributed by atoms with Gasteiger partial charge in [-0.1, -0.05) is 24.8 Å². The number of carbonyl (C=O) groups excluding carboxylic acids is 1. The van der Waals surface area contributed by atoms with Gasteiger partial charge in [0.05, 0.1) is 19.4 Å². The van der Waals surface area contributed by atoms with E-state index in [9.17, 15) is 4.79 Å². The highest BCUT2D eigenvalue weighted by atomic mass is 16.5. The number of carbonyl (C=O) groups is 1. The molecule has 0 fully saturated rings. The molecule has 0 spiro atoms. The van der Waals surface area contributed by atoms with Crippen LogP contribution in [0.3, 0.4) is 0 Å². The fourth-order valence-corrected chi connectivity index (χ4v) is 1.27. The Bertz CT molecular complexity index is 339. The number of amides is 1. The highest BCUT2D eigenvalue weighted by Gasteiger charge is 1.99. The highest BCUT2D eigenvalue weighted by Crippen LogP contribution is 2.03. The molecule has 1 aromatic carbocycles. The minimum absolute atomic E-state index is 0.0209. The molecule has 0 bridgehead atoms. The average Bonchev–Trinajstić information content (AvgIpc) is 2.37. The second-order valence-corrected chi connectivity index (χ2v) is 3.46. The van der Waals surface area contributed by atoms with Gasteiger partial charge in [0.25, 0.3) is 0 Å². The molecular formula is C13H18N2O2. The Hall–Kier alpha value is -1.97. The number of hydrogen-bond acceptors (Lipinski definition) is 3. The summed E-state index contributed by atoms with van der Waals surface area (Å²) in [7, 11) is 0. The molecule has 1 amide bonds. The average molecular weight is 234 g/mol. The Kier molecular flexibility index (Phi) is 6.33. The second-order valence-electron chi connectivity index (χ2n) is 3.46. The van der Waals surface area contributed by atoms with Gasteiger partial charge in [-0.2, -0.15) is 0 Å². The molecule has 0 saturated heterocycles. The van der Waals surface area contributed by atoms with E-state index in [0.717, 1.165) is 12.1 Å². The predicted octanol–water partition coefficient (Wildman–Crippen LogP) is 1.76. The normalized spacial score (nSPS) is 9.41. The van der Waals surface area contributed by atoms with Gasteiger partial charge in [0.1, 0.15) is 0 Å². The molecule has 92 valence electrons. The van der Waals surface area contributed by atoms with Gasteiger partial charge in [-0.3, -0.25) is 4.79 Å². The van der Waals surface area contributed by atoms with E-state index in [1.807, 2.05) is 30.3 Å². The molecule has 0 aliphatic rings. The van der Waals surface area contributed by atoms with Crippen LogP contribution in [-0.4, -0.2) is 25.6 Å². The molecule has 1 rings (SSSR count). The van der Waals surface area contributed by atoms with Gasteiger partial charge < -0.3 is 15.4 Å². The standard InChI is InChI=1S/C13H18N2O2/c1-2-17-10-6-9-14-13(16)11-15-12-7-4-3-5-8-12/h2-5,7-8,15H,1,6,9-11H2,(H,14,16). The molecule has 0 heterocycles. The van der Waals surface area contributed by atoms with E-state index in [4.69, 9.17) is 4.74 Å². The fourth-order valence-electron chi connectivity index (χ4n) is 1.27. The van der Waals surface area contributed by atoms with Crippen molar-refractivity contribution in [2.45, 2.75) is 6.42 Å². The maximum Gasteiger partial charge on any atom is 0.239 e. The van der Waals surface area contributed by atoms with Crippen LogP contribution in [0.5, 0.6) is 0 Å². The van der Waals surface area contributed by atoms with Crippen LogP contribution >= 0.6 is 0 Å². The van der Waals surface area contributed by atoms with Crippen LogP contribution in [0.15, 0.2) is 43.2 Å². The third kappa shape index (κ3) is 6.25. The van der Waals surface area contributed by atoms with Gasteiger partial charge in [-0.25, -0.2) is 0 Å². The molecule has 0 unspecified atom stereocenters. The second kappa shape index (κ2) is 8.21. The topological polar surface area (TPSA) is 50.4 Å². The summed E-state index contributed by atoms with van der Waals surface area (Å²) in [4.78, 5) is 11.4. The van der Waals surface area contributed by atoms with Crippen LogP contribution in [-0.2, 0) is 9.53 Å². The minimum atomic E-state index is -0.0209. The number of hydrogen-bond donors (Lipinski definition) is 2. The monoisotopic (exact) mass is 234 g/mol. The van der Waals surface area contributed by atoms with Crippen molar-refractivity contribution in [2.24, 2.45) is 0 Å². The molecule has 0 aliphatic carbocycles. The largest absolute Gasteiger partial charge is 0.502 e. The summed E-state index contributed by atoms with van der Waals surface area (Å²) < 4.78 is 4.94. The molecule has 0 radical (unpaired) electrons.